The predicted octanol–water partition coefficient (Wildman–Crippen LogP) is 4.64. The van der Waals surface area contributed by atoms with Crippen molar-refractivity contribution < 1.29 is 41.4 Å². The van der Waals surface area contributed by atoms with Crippen LogP contribution in [0.5, 0.6) is 5.88 Å². The van der Waals surface area contributed by atoms with Gasteiger partial charge in [0.05, 0.1) is 39.1 Å². The number of pyridine rings is 1. The van der Waals surface area contributed by atoms with E-state index >= 15 is 0 Å². The maximum Gasteiger partial charge on any atom is 0.490 e. The Morgan fingerprint density at radius 3 is 2.35 bits per heavy atom. The largest absolute Gasteiger partial charge is 0.490 e. The second-order valence-corrected chi connectivity index (χ2v) is 9.59. The van der Waals surface area contributed by atoms with Crippen LogP contribution >= 0.6 is 11.3 Å². The molecule has 3 heterocycles. The summed E-state index contributed by atoms with van der Waals surface area (Å²) in [5.41, 5.74) is 8.88. The van der Waals surface area contributed by atoms with E-state index in [1.54, 1.807) is 19.1 Å². The number of carboxylic acids is 1. The zero-order valence-electron chi connectivity index (χ0n) is 21.3. The van der Waals surface area contributed by atoms with Gasteiger partial charge in [-0.15, -0.1) is 11.3 Å². The molecule has 0 bridgehead atoms. The lowest BCUT2D eigenvalue weighted by molar-refractivity contribution is -0.192. The number of ether oxygens (including phenoxy) is 1. The highest BCUT2D eigenvalue weighted by Gasteiger charge is 2.38. The van der Waals surface area contributed by atoms with Crippen LogP contribution in [-0.4, -0.2) is 44.3 Å². The van der Waals surface area contributed by atoms with Gasteiger partial charge in [0, 0.05) is 18.0 Å². The summed E-state index contributed by atoms with van der Waals surface area (Å²) in [5.74, 6) is -4.21. The number of aromatic nitrogens is 3. The van der Waals surface area contributed by atoms with Gasteiger partial charge in [-0.2, -0.15) is 22.8 Å². The van der Waals surface area contributed by atoms with Gasteiger partial charge in [0.1, 0.15) is 18.2 Å². The molecule has 0 saturated carbocycles. The predicted molar refractivity (Wildman–Crippen MR) is 135 cm³/mol. The number of amides is 1. The highest BCUT2D eigenvalue weighted by atomic mass is 32.1. The lowest BCUT2D eigenvalue weighted by Gasteiger charge is -2.12. The van der Waals surface area contributed by atoms with Crippen LogP contribution in [0.1, 0.15) is 43.9 Å². The van der Waals surface area contributed by atoms with Crippen molar-refractivity contribution in [3.8, 4) is 5.88 Å². The number of carbonyl (C=O) groups excluding carboxylic acids is 1. The Labute approximate surface area is 228 Å². The van der Waals surface area contributed by atoms with Crippen molar-refractivity contribution in [1.82, 2.24) is 19.9 Å². The summed E-state index contributed by atoms with van der Waals surface area (Å²) < 4.78 is 66.9. The molecule has 214 valence electrons. The van der Waals surface area contributed by atoms with E-state index in [1.807, 2.05) is 19.2 Å². The number of alkyl halides is 3. The van der Waals surface area contributed by atoms with E-state index < -0.39 is 29.8 Å². The molecule has 4 aromatic rings. The van der Waals surface area contributed by atoms with Gasteiger partial charge in [0.25, 0.3) is 5.91 Å². The van der Waals surface area contributed by atoms with Crippen molar-refractivity contribution in [3.05, 3.63) is 80.4 Å². The molecular weight excluding hydrogens is 561 g/mol. The van der Waals surface area contributed by atoms with Crippen LogP contribution in [0.4, 0.5) is 22.0 Å². The Kier molecular flexibility index (Phi) is 9.42. The lowest BCUT2D eigenvalue weighted by atomic mass is 10.1. The summed E-state index contributed by atoms with van der Waals surface area (Å²) >= 11 is 1.50. The Hall–Kier alpha value is -4.11. The fraction of sp³-hybridized carbons (Fsp3) is 0.280. The van der Waals surface area contributed by atoms with Crippen molar-refractivity contribution in [1.29, 1.82) is 0 Å². The van der Waals surface area contributed by atoms with Crippen LogP contribution < -0.4 is 15.8 Å². The number of carbonyl (C=O) groups is 2. The van der Waals surface area contributed by atoms with E-state index in [4.69, 9.17) is 20.4 Å². The number of halogens is 5. The van der Waals surface area contributed by atoms with Crippen LogP contribution in [0, 0.1) is 32.4 Å². The Balaban J connectivity index is 0.000000559. The number of aliphatic carboxylic acids is 1. The van der Waals surface area contributed by atoms with Crippen molar-refractivity contribution in [2.24, 2.45) is 5.73 Å². The van der Waals surface area contributed by atoms with Gasteiger partial charge >= 0.3 is 12.1 Å². The average molecular weight is 586 g/mol. The summed E-state index contributed by atoms with van der Waals surface area (Å²) in [4.78, 5) is 26.2. The SMILES string of the molecule is Cc1cc(OCc2c(F)cccc2F)n2nc(C)c(C(=O)NCC(N)c3csc(C)n3)c2c1.O=C(O)C(F)(F)F. The van der Waals surface area contributed by atoms with E-state index in [2.05, 4.69) is 15.4 Å². The quantitative estimate of drug-likeness (QED) is 0.269. The van der Waals surface area contributed by atoms with Gasteiger partial charge in [0.15, 0.2) is 0 Å². The van der Waals surface area contributed by atoms with E-state index in [1.165, 1.54) is 34.1 Å². The maximum absolute atomic E-state index is 14.0. The third-order valence-corrected chi connectivity index (χ3v) is 6.21. The fourth-order valence-electron chi connectivity index (χ4n) is 3.51. The summed E-state index contributed by atoms with van der Waals surface area (Å²) in [6.45, 7) is 5.33. The van der Waals surface area contributed by atoms with Gasteiger partial charge in [-0.25, -0.2) is 18.6 Å². The molecule has 0 fully saturated rings. The van der Waals surface area contributed by atoms with Gasteiger partial charge in [-0.05, 0) is 44.5 Å². The zero-order valence-corrected chi connectivity index (χ0v) is 22.2. The van der Waals surface area contributed by atoms with Crippen LogP contribution in [-0.2, 0) is 11.4 Å². The minimum Gasteiger partial charge on any atom is -0.475 e. The molecule has 0 saturated heterocycles. The molecule has 0 aliphatic rings. The molecule has 1 unspecified atom stereocenters. The van der Waals surface area contributed by atoms with Crippen molar-refractivity contribution in [3.63, 3.8) is 0 Å². The third kappa shape index (κ3) is 7.30. The minimum absolute atomic E-state index is 0.180. The molecule has 0 aliphatic carbocycles. The molecule has 15 heteroatoms. The van der Waals surface area contributed by atoms with Crippen molar-refractivity contribution in [2.75, 3.05) is 6.54 Å². The van der Waals surface area contributed by atoms with E-state index in [9.17, 15) is 26.7 Å². The smallest absolute Gasteiger partial charge is 0.475 e. The number of hydrogen-bond acceptors (Lipinski definition) is 7. The standard InChI is InChI=1S/C23H23F2N5O2S.C2HF3O2/c1-12-7-20-22(23(31)27-9-18(26)19-11-33-14(3)28-19)13(2)29-30(20)21(8-12)32-10-15-16(24)5-4-6-17(15)25;3-2(4,5)1(6)7/h4-8,11,18H,9-10,26H2,1-3H3,(H,27,31);(H,6,7). The second-order valence-electron chi connectivity index (χ2n) is 8.53. The fourth-order valence-corrected chi connectivity index (χ4v) is 4.18. The average Bonchev–Trinajstić information content (AvgIpc) is 3.44. The normalized spacial score (nSPS) is 12.0. The molecular formula is C25H24F5N5O4S. The minimum atomic E-state index is -5.08. The Bertz CT molecular complexity index is 1520. The number of nitrogens with one attached hydrogen (secondary N) is 1. The molecule has 1 amide bonds. The highest BCUT2D eigenvalue weighted by Crippen LogP contribution is 2.25. The number of rotatable bonds is 7. The van der Waals surface area contributed by atoms with Crippen LogP contribution in [0.2, 0.25) is 0 Å². The number of aryl methyl sites for hydroxylation is 3. The van der Waals surface area contributed by atoms with Gasteiger partial charge in [-0.3, -0.25) is 4.79 Å². The maximum atomic E-state index is 14.0. The number of hydrogen-bond donors (Lipinski definition) is 3. The van der Waals surface area contributed by atoms with Crippen molar-refractivity contribution >= 4 is 28.7 Å². The molecule has 3 aromatic heterocycles. The topological polar surface area (TPSA) is 132 Å². The van der Waals surface area contributed by atoms with E-state index in [-0.39, 0.29) is 30.5 Å². The summed E-state index contributed by atoms with van der Waals surface area (Å²) in [6.07, 6.45) is -5.08. The first-order valence-corrected chi connectivity index (χ1v) is 12.4. The molecule has 9 nitrogen and oxygen atoms in total. The number of carboxylic acid groups (broad SMARTS) is 1. The van der Waals surface area contributed by atoms with E-state index in [0.29, 0.717) is 16.8 Å². The summed E-state index contributed by atoms with van der Waals surface area (Å²) in [6, 6.07) is 6.70. The van der Waals surface area contributed by atoms with Gasteiger partial charge in [0.2, 0.25) is 5.88 Å². The summed E-state index contributed by atoms with van der Waals surface area (Å²) in [7, 11) is 0. The molecule has 40 heavy (non-hydrogen) atoms. The monoisotopic (exact) mass is 585 g/mol. The lowest BCUT2D eigenvalue weighted by Crippen LogP contribution is -2.32. The number of fused-ring (bicyclic) bond motifs is 1. The van der Waals surface area contributed by atoms with Crippen LogP contribution in [0.3, 0.4) is 0 Å². The van der Waals surface area contributed by atoms with Gasteiger partial charge < -0.3 is 20.9 Å². The van der Waals surface area contributed by atoms with Crippen molar-refractivity contribution in [2.45, 2.75) is 39.6 Å². The van der Waals surface area contributed by atoms with Crippen LogP contribution in [0.15, 0.2) is 35.7 Å². The Morgan fingerprint density at radius 2 is 1.80 bits per heavy atom. The first kappa shape index (κ1) is 30.4. The number of benzene rings is 1. The molecule has 4 N–H and O–H groups in total. The third-order valence-electron chi connectivity index (χ3n) is 5.42. The molecule has 1 atom stereocenters. The first-order valence-electron chi connectivity index (χ1n) is 11.5. The zero-order chi connectivity index (χ0) is 29.8. The highest BCUT2D eigenvalue weighted by molar-refractivity contribution is 7.09. The van der Waals surface area contributed by atoms with Gasteiger partial charge in [-0.1, -0.05) is 6.07 Å². The molecule has 0 spiro atoms. The molecule has 4 rings (SSSR count). The first-order chi connectivity index (χ1) is 18.7. The molecule has 0 aliphatic heterocycles. The second kappa shape index (κ2) is 12.4. The number of nitrogens with two attached hydrogens (primary N) is 1. The molecule has 0 radical (unpaired) electrons. The van der Waals surface area contributed by atoms with Crippen LogP contribution in [0.25, 0.3) is 5.52 Å². The summed E-state index contributed by atoms with van der Waals surface area (Å²) in [5, 5.41) is 17.2. The molecule has 1 aromatic carbocycles. The number of nitrogens with zero attached hydrogens (tertiary/aromatic N) is 3. The Morgan fingerprint density at radius 1 is 1.18 bits per heavy atom. The van der Waals surface area contributed by atoms with E-state index in [0.717, 1.165) is 16.3 Å². The number of thiazole rings is 1.